The first-order valence-corrected chi connectivity index (χ1v) is 6.29. The summed E-state index contributed by atoms with van der Waals surface area (Å²) >= 11 is 6.25. The van der Waals surface area contributed by atoms with Crippen molar-refractivity contribution in [2.24, 2.45) is 23.5 Å². The molecule has 2 rings (SSSR count). The molecule has 0 aliphatic rings. The van der Waals surface area contributed by atoms with E-state index in [1.165, 1.54) is 4.90 Å². The molecule has 0 saturated carbocycles. The van der Waals surface area contributed by atoms with Crippen molar-refractivity contribution in [3.63, 3.8) is 0 Å². The lowest BCUT2D eigenvalue weighted by Gasteiger charge is -2.11. The number of halogens is 1. The standard InChI is InChI=1S/C13H16ClN5O/c1-18(2)12(20)10-5-7-4-8(17-13(15)16)6-9(14)11(7)19(10)3/h4-6H,1-3H3,(H4,15,16,17). The maximum atomic E-state index is 12.1. The monoisotopic (exact) mass is 293 g/mol. The van der Waals surface area contributed by atoms with Gasteiger partial charge in [-0.25, -0.2) is 4.99 Å². The van der Waals surface area contributed by atoms with Gasteiger partial charge in [0.15, 0.2) is 5.96 Å². The molecule has 0 aliphatic heterocycles. The normalized spacial score (nSPS) is 10.6. The minimum absolute atomic E-state index is 0.0408. The van der Waals surface area contributed by atoms with E-state index in [0.717, 1.165) is 10.9 Å². The third-order valence-electron chi connectivity index (χ3n) is 2.95. The number of fused-ring (bicyclic) bond motifs is 1. The van der Waals surface area contributed by atoms with Gasteiger partial charge in [0.2, 0.25) is 0 Å². The molecule has 1 aromatic heterocycles. The Kier molecular flexibility index (Phi) is 3.59. The largest absolute Gasteiger partial charge is 0.370 e. The number of guanidine groups is 1. The number of hydrogen-bond donors (Lipinski definition) is 2. The quantitative estimate of drug-likeness (QED) is 0.648. The first kappa shape index (κ1) is 14.2. The molecule has 2 aromatic rings. The molecule has 1 aromatic carbocycles. The number of rotatable bonds is 2. The summed E-state index contributed by atoms with van der Waals surface area (Å²) in [4.78, 5) is 17.6. The minimum Gasteiger partial charge on any atom is -0.370 e. The second-order valence-corrected chi connectivity index (χ2v) is 5.10. The van der Waals surface area contributed by atoms with Crippen LogP contribution in [0, 0.1) is 0 Å². The summed E-state index contributed by atoms with van der Waals surface area (Å²) in [5, 5.41) is 1.30. The fraction of sp³-hybridized carbons (Fsp3) is 0.231. The van der Waals surface area contributed by atoms with Gasteiger partial charge in [-0.05, 0) is 18.2 Å². The molecular formula is C13H16ClN5O. The van der Waals surface area contributed by atoms with Crippen LogP contribution in [0.5, 0.6) is 0 Å². The van der Waals surface area contributed by atoms with E-state index < -0.39 is 0 Å². The maximum Gasteiger partial charge on any atom is 0.269 e. The van der Waals surface area contributed by atoms with Crippen LogP contribution in [0.3, 0.4) is 0 Å². The van der Waals surface area contributed by atoms with Gasteiger partial charge in [-0.3, -0.25) is 4.79 Å². The SMILES string of the molecule is CN(C)C(=O)c1cc2cc(N=C(N)N)cc(Cl)c2n1C. The molecule has 6 nitrogen and oxygen atoms in total. The number of aromatic nitrogens is 1. The molecule has 0 bridgehead atoms. The number of aryl methyl sites for hydroxylation is 1. The fourth-order valence-electron chi connectivity index (χ4n) is 2.08. The number of carbonyl (C=O) groups excluding carboxylic acids is 1. The Bertz CT molecular complexity index is 713. The van der Waals surface area contributed by atoms with E-state index in [2.05, 4.69) is 4.99 Å². The van der Waals surface area contributed by atoms with E-state index in [1.54, 1.807) is 43.9 Å². The molecule has 106 valence electrons. The third-order valence-corrected chi connectivity index (χ3v) is 3.24. The Labute approximate surface area is 121 Å². The summed E-state index contributed by atoms with van der Waals surface area (Å²) < 4.78 is 1.76. The van der Waals surface area contributed by atoms with Gasteiger partial charge in [0.05, 0.1) is 16.2 Å². The number of hydrogen-bond acceptors (Lipinski definition) is 2. The molecule has 0 atom stereocenters. The fourth-order valence-corrected chi connectivity index (χ4v) is 2.43. The van der Waals surface area contributed by atoms with Crippen molar-refractivity contribution in [2.45, 2.75) is 0 Å². The van der Waals surface area contributed by atoms with Crippen LogP contribution in [0.4, 0.5) is 5.69 Å². The Morgan fingerprint density at radius 2 is 1.95 bits per heavy atom. The first-order valence-electron chi connectivity index (χ1n) is 5.91. The van der Waals surface area contributed by atoms with Crippen LogP contribution in [-0.2, 0) is 7.05 Å². The predicted octanol–water partition coefficient (Wildman–Crippen LogP) is 1.44. The first-order chi connectivity index (χ1) is 9.31. The summed E-state index contributed by atoms with van der Waals surface area (Å²) in [6.45, 7) is 0. The molecule has 0 unspecified atom stereocenters. The Morgan fingerprint density at radius 3 is 2.50 bits per heavy atom. The van der Waals surface area contributed by atoms with Gasteiger partial charge in [-0.2, -0.15) is 0 Å². The topological polar surface area (TPSA) is 89.6 Å². The third kappa shape index (κ3) is 2.42. The average Bonchev–Trinajstić information content (AvgIpc) is 2.64. The van der Waals surface area contributed by atoms with Gasteiger partial charge in [-0.1, -0.05) is 11.6 Å². The zero-order valence-electron chi connectivity index (χ0n) is 11.5. The number of nitrogens with two attached hydrogens (primary N) is 2. The molecule has 20 heavy (non-hydrogen) atoms. The molecule has 0 radical (unpaired) electrons. The van der Waals surface area contributed by atoms with Crippen molar-refractivity contribution in [2.75, 3.05) is 14.1 Å². The summed E-state index contributed by atoms with van der Waals surface area (Å²) in [5.41, 5.74) is 12.6. The van der Waals surface area contributed by atoms with Crippen LogP contribution < -0.4 is 11.5 Å². The lowest BCUT2D eigenvalue weighted by atomic mass is 10.2. The van der Waals surface area contributed by atoms with Gasteiger partial charge in [0.25, 0.3) is 5.91 Å². The van der Waals surface area contributed by atoms with Crippen molar-refractivity contribution in [3.05, 3.63) is 28.9 Å². The Morgan fingerprint density at radius 1 is 1.30 bits per heavy atom. The van der Waals surface area contributed by atoms with Crippen LogP contribution in [0.2, 0.25) is 5.02 Å². The summed E-state index contributed by atoms with van der Waals surface area (Å²) in [6, 6.07) is 5.22. The number of aliphatic imine (C=N–C) groups is 1. The van der Waals surface area contributed by atoms with Crippen LogP contribution in [0.1, 0.15) is 10.5 Å². The molecule has 1 heterocycles. The Hall–Kier alpha value is -2.21. The van der Waals surface area contributed by atoms with Crippen LogP contribution in [0.25, 0.3) is 10.9 Å². The van der Waals surface area contributed by atoms with E-state index in [1.807, 2.05) is 0 Å². The van der Waals surface area contributed by atoms with Crippen molar-refractivity contribution in [1.29, 1.82) is 0 Å². The summed E-state index contributed by atoms with van der Waals surface area (Å²) in [6.07, 6.45) is 0. The molecule has 0 aliphatic carbocycles. The highest BCUT2D eigenvalue weighted by Crippen LogP contribution is 2.31. The number of amides is 1. The lowest BCUT2D eigenvalue weighted by molar-refractivity contribution is 0.0819. The highest BCUT2D eigenvalue weighted by molar-refractivity contribution is 6.35. The highest BCUT2D eigenvalue weighted by Gasteiger charge is 2.17. The van der Waals surface area contributed by atoms with Crippen molar-refractivity contribution in [3.8, 4) is 0 Å². The molecule has 0 fully saturated rings. The summed E-state index contributed by atoms with van der Waals surface area (Å²) in [5.74, 6) is -0.135. The van der Waals surface area contributed by atoms with E-state index in [9.17, 15) is 4.79 Å². The van der Waals surface area contributed by atoms with E-state index in [0.29, 0.717) is 16.4 Å². The average molecular weight is 294 g/mol. The van der Waals surface area contributed by atoms with Crippen molar-refractivity contribution >= 4 is 40.1 Å². The number of carbonyl (C=O) groups is 1. The van der Waals surface area contributed by atoms with Crippen LogP contribution >= 0.6 is 11.6 Å². The van der Waals surface area contributed by atoms with Crippen molar-refractivity contribution in [1.82, 2.24) is 9.47 Å². The molecule has 7 heteroatoms. The number of benzene rings is 1. The van der Waals surface area contributed by atoms with Crippen LogP contribution in [0.15, 0.2) is 23.2 Å². The predicted molar refractivity (Wildman–Crippen MR) is 81.4 cm³/mol. The van der Waals surface area contributed by atoms with Gasteiger partial charge in [0.1, 0.15) is 5.69 Å². The van der Waals surface area contributed by atoms with E-state index in [4.69, 9.17) is 23.1 Å². The molecule has 4 N–H and O–H groups in total. The molecule has 0 spiro atoms. The second-order valence-electron chi connectivity index (χ2n) is 4.69. The smallest absolute Gasteiger partial charge is 0.269 e. The minimum atomic E-state index is -0.0943. The molecular weight excluding hydrogens is 278 g/mol. The van der Waals surface area contributed by atoms with Gasteiger partial charge < -0.3 is 20.9 Å². The Balaban J connectivity index is 2.68. The molecule has 0 saturated heterocycles. The van der Waals surface area contributed by atoms with Gasteiger partial charge >= 0.3 is 0 Å². The van der Waals surface area contributed by atoms with E-state index in [-0.39, 0.29) is 11.9 Å². The van der Waals surface area contributed by atoms with Crippen LogP contribution in [-0.4, -0.2) is 35.4 Å². The van der Waals surface area contributed by atoms with E-state index >= 15 is 0 Å². The van der Waals surface area contributed by atoms with Gasteiger partial charge in [-0.15, -0.1) is 0 Å². The summed E-state index contributed by atoms with van der Waals surface area (Å²) in [7, 11) is 5.20. The molecule has 1 amide bonds. The van der Waals surface area contributed by atoms with Gasteiger partial charge in [0, 0.05) is 26.5 Å². The van der Waals surface area contributed by atoms with Crippen molar-refractivity contribution < 1.29 is 4.79 Å². The zero-order chi connectivity index (χ0) is 15.0. The lowest BCUT2D eigenvalue weighted by Crippen LogP contribution is -2.23. The highest BCUT2D eigenvalue weighted by atomic mass is 35.5. The maximum absolute atomic E-state index is 12.1. The number of nitrogens with zero attached hydrogens (tertiary/aromatic N) is 3. The zero-order valence-corrected chi connectivity index (χ0v) is 12.3. The second kappa shape index (κ2) is 5.05.